The number of piperidine rings is 1. The molecule has 2 aliphatic rings. The van der Waals surface area contributed by atoms with Gasteiger partial charge in [-0.05, 0) is 18.8 Å². The number of carboxylic acids is 1. The standard InChI is InChI=1S/C14H24N2O4S/c1-3-4-12-16(10(8-21-12)13(18)19)14(20)15-6-5-9(2)11(17)7-15/h9-12,17H,3-8H2,1-2H3,(H,18,19). The second kappa shape index (κ2) is 6.87. The number of aliphatic hydroxyl groups is 1. The number of nitrogens with zero attached hydrogens (tertiary/aromatic N) is 2. The number of urea groups is 1. The zero-order valence-electron chi connectivity index (χ0n) is 12.6. The van der Waals surface area contributed by atoms with Gasteiger partial charge in [0.05, 0.1) is 11.5 Å². The normalized spacial score (nSPS) is 33.3. The van der Waals surface area contributed by atoms with Gasteiger partial charge >= 0.3 is 12.0 Å². The Kier molecular flexibility index (Phi) is 5.37. The van der Waals surface area contributed by atoms with E-state index in [1.165, 1.54) is 4.90 Å². The van der Waals surface area contributed by atoms with E-state index >= 15 is 0 Å². The molecule has 0 saturated carbocycles. The van der Waals surface area contributed by atoms with Crippen LogP contribution in [0.2, 0.25) is 0 Å². The molecule has 2 aliphatic heterocycles. The van der Waals surface area contributed by atoms with Crippen molar-refractivity contribution in [1.82, 2.24) is 9.80 Å². The maximum absolute atomic E-state index is 12.7. The number of carbonyl (C=O) groups excluding carboxylic acids is 1. The Bertz CT molecular complexity index is 406. The van der Waals surface area contributed by atoms with Crippen molar-refractivity contribution >= 4 is 23.8 Å². The van der Waals surface area contributed by atoms with Crippen molar-refractivity contribution in [2.45, 2.75) is 50.6 Å². The zero-order valence-corrected chi connectivity index (χ0v) is 13.4. The first-order valence-electron chi connectivity index (χ1n) is 7.55. The number of likely N-dealkylation sites (tertiary alicyclic amines) is 1. The highest BCUT2D eigenvalue weighted by Gasteiger charge is 2.43. The highest BCUT2D eigenvalue weighted by atomic mass is 32.2. The fourth-order valence-corrected chi connectivity index (χ4v) is 4.37. The van der Waals surface area contributed by atoms with Gasteiger partial charge in [-0.25, -0.2) is 9.59 Å². The molecule has 7 heteroatoms. The molecule has 0 aliphatic carbocycles. The summed E-state index contributed by atoms with van der Waals surface area (Å²) in [6.45, 7) is 4.89. The summed E-state index contributed by atoms with van der Waals surface area (Å²) < 4.78 is 0. The summed E-state index contributed by atoms with van der Waals surface area (Å²) in [5, 5.41) is 19.2. The Balaban J connectivity index is 2.11. The topological polar surface area (TPSA) is 81.1 Å². The molecule has 0 aromatic carbocycles. The van der Waals surface area contributed by atoms with Gasteiger partial charge in [0.15, 0.2) is 0 Å². The molecule has 0 spiro atoms. The molecule has 2 N–H and O–H groups in total. The fraction of sp³-hybridized carbons (Fsp3) is 0.857. The van der Waals surface area contributed by atoms with Crippen molar-refractivity contribution in [2.24, 2.45) is 5.92 Å². The first-order valence-corrected chi connectivity index (χ1v) is 8.60. The van der Waals surface area contributed by atoms with Crippen LogP contribution in [0.5, 0.6) is 0 Å². The van der Waals surface area contributed by atoms with Gasteiger partial charge in [0, 0.05) is 18.8 Å². The molecule has 0 radical (unpaired) electrons. The summed E-state index contributed by atoms with van der Waals surface area (Å²) in [6.07, 6.45) is 1.94. The van der Waals surface area contributed by atoms with Crippen molar-refractivity contribution < 1.29 is 19.8 Å². The smallest absolute Gasteiger partial charge is 0.327 e. The number of aliphatic hydroxyl groups excluding tert-OH is 1. The molecule has 4 unspecified atom stereocenters. The Morgan fingerprint density at radius 1 is 1.38 bits per heavy atom. The van der Waals surface area contributed by atoms with E-state index in [-0.39, 0.29) is 17.3 Å². The van der Waals surface area contributed by atoms with Crippen molar-refractivity contribution in [3.63, 3.8) is 0 Å². The van der Waals surface area contributed by atoms with E-state index in [2.05, 4.69) is 0 Å². The number of carboxylic acid groups (broad SMARTS) is 1. The molecule has 0 bridgehead atoms. The lowest BCUT2D eigenvalue weighted by Gasteiger charge is -2.38. The Labute approximate surface area is 129 Å². The molecule has 0 aromatic heterocycles. The minimum absolute atomic E-state index is 0.0694. The van der Waals surface area contributed by atoms with Gasteiger partial charge in [0.1, 0.15) is 6.04 Å². The highest BCUT2D eigenvalue weighted by molar-refractivity contribution is 8.00. The Hall–Kier alpha value is -0.950. The lowest BCUT2D eigenvalue weighted by atomic mass is 9.96. The minimum atomic E-state index is -0.944. The van der Waals surface area contributed by atoms with Crippen LogP contribution in [0.1, 0.15) is 33.1 Å². The maximum Gasteiger partial charge on any atom is 0.327 e. The summed E-state index contributed by atoms with van der Waals surface area (Å²) in [6, 6.07) is -0.993. The van der Waals surface area contributed by atoms with Crippen LogP contribution in [0.3, 0.4) is 0 Å². The Morgan fingerprint density at radius 3 is 2.67 bits per heavy atom. The average Bonchev–Trinajstić information content (AvgIpc) is 2.85. The SMILES string of the molecule is CCCC1SCC(C(=O)O)N1C(=O)N1CCC(C)C(O)C1. The highest BCUT2D eigenvalue weighted by Crippen LogP contribution is 2.34. The third-order valence-corrected chi connectivity index (χ3v) is 5.68. The predicted molar refractivity (Wildman–Crippen MR) is 81.2 cm³/mol. The number of β-amino-alcohol motifs (C(OH)–C–C–N with tert-alkyl or cyclic N) is 1. The number of carbonyl (C=O) groups is 2. The number of aliphatic carboxylic acids is 1. The number of amides is 2. The van der Waals surface area contributed by atoms with Gasteiger partial charge in [-0.2, -0.15) is 0 Å². The van der Waals surface area contributed by atoms with Crippen molar-refractivity contribution in [1.29, 1.82) is 0 Å². The second-order valence-corrected chi connectivity index (χ2v) is 7.11. The van der Waals surface area contributed by atoms with Crippen LogP contribution in [-0.4, -0.2) is 68.4 Å². The first kappa shape index (κ1) is 16.4. The third-order valence-electron chi connectivity index (χ3n) is 4.32. The fourth-order valence-electron chi connectivity index (χ4n) is 2.87. The van der Waals surface area contributed by atoms with Gasteiger partial charge in [-0.1, -0.05) is 20.3 Å². The number of hydrogen-bond acceptors (Lipinski definition) is 4. The number of thioether (sulfide) groups is 1. The third kappa shape index (κ3) is 3.45. The maximum atomic E-state index is 12.7. The summed E-state index contributed by atoms with van der Waals surface area (Å²) in [7, 11) is 0. The molecule has 2 fully saturated rings. The molecule has 2 amide bonds. The van der Waals surface area contributed by atoms with E-state index in [4.69, 9.17) is 0 Å². The zero-order chi connectivity index (χ0) is 15.6. The monoisotopic (exact) mass is 316 g/mol. The quantitative estimate of drug-likeness (QED) is 0.823. The van der Waals surface area contributed by atoms with Gasteiger partial charge in [-0.15, -0.1) is 11.8 Å². The summed E-state index contributed by atoms with van der Waals surface area (Å²) in [4.78, 5) is 27.2. The van der Waals surface area contributed by atoms with Gasteiger partial charge in [-0.3, -0.25) is 4.90 Å². The largest absolute Gasteiger partial charge is 0.480 e. The first-order chi connectivity index (χ1) is 9.95. The van der Waals surface area contributed by atoms with Crippen molar-refractivity contribution in [3.05, 3.63) is 0 Å². The minimum Gasteiger partial charge on any atom is -0.480 e. The molecule has 0 aromatic rings. The molecular formula is C14H24N2O4S. The van der Waals surface area contributed by atoms with E-state index in [9.17, 15) is 19.8 Å². The summed E-state index contributed by atoms with van der Waals surface area (Å²) >= 11 is 1.54. The van der Waals surface area contributed by atoms with Crippen LogP contribution in [0.4, 0.5) is 4.79 Å². The molecular weight excluding hydrogens is 292 g/mol. The Morgan fingerprint density at radius 2 is 2.10 bits per heavy atom. The van der Waals surface area contributed by atoms with Crippen molar-refractivity contribution in [2.75, 3.05) is 18.8 Å². The average molecular weight is 316 g/mol. The number of hydrogen-bond donors (Lipinski definition) is 2. The van der Waals surface area contributed by atoms with E-state index in [0.29, 0.717) is 18.8 Å². The lowest BCUT2D eigenvalue weighted by Crippen LogP contribution is -2.55. The molecule has 2 heterocycles. The molecule has 21 heavy (non-hydrogen) atoms. The van der Waals surface area contributed by atoms with Crippen LogP contribution in [0.25, 0.3) is 0 Å². The summed E-state index contributed by atoms with van der Waals surface area (Å²) in [5.74, 6) is -0.317. The van der Waals surface area contributed by atoms with E-state index < -0.39 is 18.1 Å². The van der Waals surface area contributed by atoms with Crippen LogP contribution < -0.4 is 0 Å². The molecule has 4 atom stereocenters. The van der Waals surface area contributed by atoms with Crippen molar-refractivity contribution in [3.8, 4) is 0 Å². The summed E-state index contributed by atoms with van der Waals surface area (Å²) in [5.41, 5.74) is 0. The second-order valence-electron chi connectivity index (χ2n) is 5.90. The molecule has 2 saturated heterocycles. The van der Waals surface area contributed by atoms with Crippen LogP contribution in [0.15, 0.2) is 0 Å². The van der Waals surface area contributed by atoms with E-state index in [0.717, 1.165) is 19.3 Å². The van der Waals surface area contributed by atoms with Crippen LogP contribution in [0, 0.1) is 5.92 Å². The van der Waals surface area contributed by atoms with Gasteiger partial charge in [0.25, 0.3) is 0 Å². The van der Waals surface area contributed by atoms with Gasteiger partial charge < -0.3 is 15.1 Å². The van der Waals surface area contributed by atoms with E-state index in [1.54, 1.807) is 16.7 Å². The molecule has 2 rings (SSSR count). The van der Waals surface area contributed by atoms with Crippen LogP contribution >= 0.6 is 11.8 Å². The van der Waals surface area contributed by atoms with E-state index in [1.807, 2.05) is 13.8 Å². The molecule has 120 valence electrons. The van der Waals surface area contributed by atoms with Crippen LogP contribution in [-0.2, 0) is 4.79 Å². The predicted octanol–water partition coefficient (Wildman–Crippen LogP) is 1.44. The number of rotatable bonds is 3. The molecule has 6 nitrogen and oxygen atoms in total. The van der Waals surface area contributed by atoms with Gasteiger partial charge in [0.2, 0.25) is 0 Å². The lowest BCUT2D eigenvalue weighted by molar-refractivity contribution is -0.141.